The minimum Gasteiger partial charge on any atom is -0.423 e. The molecule has 1 aromatic heterocycles. The third-order valence-corrected chi connectivity index (χ3v) is 6.20. The summed E-state index contributed by atoms with van der Waals surface area (Å²) in [6, 6.07) is 15.8. The van der Waals surface area contributed by atoms with Crippen LogP contribution in [0.15, 0.2) is 52.9 Å². The molecule has 1 aliphatic heterocycles. The number of benzene rings is 2. The standard InChI is InChI=1S/C20H23N3O3S/c1-15-6-4-7-16(12-15)14-27(24,25)21-13-17-8-5-11-23(17)20-22-18-9-2-3-10-19(18)26-20/h2-4,6-7,9-10,12,17,21H,5,8,11,13-14H2,1H3. The quantitative estimate of drug-likeness (QED) is 0.705. The maximum Gasteiger partial charge on any atom is 0.298 e. The molecule has 142 valence electrons. The third-order valence-electron chi connectivity index (χ3n) is 4.88. The van der Waals surface area contributed by atoms with E-state index in [1.54, 1.807) is 0 Å². The second kappa shape index (κ2) is 7.32. The van der Waals surface area contributed by atoms with Crippen molar-refractivity contribution in [1.29, 1.82) is 0 Å². The van der Waals surface area contributed by atoms with Crippen LogP contribution in [-0.4, -0.2) is 32.5 Å². The molecule has 1 aliphatic rings. The van der Waals surface area contributed by atoms with Crippen molar-refractivity contribution >= 4 is 27.1 Å². The van der Waals surface area contributed by atoms with Gasteiger partial charge in [-0.05, 0) is 37.5 Å². The van der Waals surface area contributed by atoms with Gasteiger partial charge in [0.1, 0.15) is 5.52 Å². The Morgan fingerprint density at radius 3 is 2.89 bits per heavy atom. The maximum atomic E-state index is 12.5. The molecule has 1 unspecified atom stereocenters. The first-order valence-electron chi connectivity index (χ1n) is 9.15. The molecule has 0 radical (unpaired) electrons. The normalized spacial score (nSPS) is 17.7. The summed E-state index contributed by atoms with van der Waals surface area (Å²) >= 11 is 0. The Labute approximate surface area is 159 Å². The SMILES string of the molecule is Cc1cccc(CS(=O)(=O)NCC2CCCN2c2nc3ccccc3o2)c1. The van der Waals surface area contributed by atoms with Crippen LogP contribution in [-0.2, 0) is 15.8 Å². The van der Waals surface area contributed by atoms with Crippen LogP contribution in [0.4, 0.5) is 6.01 Å². The molecule has 2 heterocycles. The first kappa shape index (κ1) is 18.0. The van der Waals surface area contributed by atoms with E-state index in [-0.39, 0.29) is 11.8 Å². The van der Waals surface area contributed by atoms with Gasteiger partial charge in [0.05, 0.1) is 5.75 Å². The summed E-state index contributed by atoms with van der Waals surface area (Å²) < 4.78 is 33.6. The lowest BCUT2D eigenvalue weighted by molar-refractivity contribution is 0.533. The van der Waals surface area contributed by atoms with Crippen molar-refractivity contribution in [3.8, 4) is 0 Å². The molecule has 0 spiro atoms. The van der Waals surface area contributed by atoms with Gasteiger partial charge in [-0.2, -0.15) is 4.98 Å². The second-order valence-electron chi connectivity index (χ2n) is 7.05. The molecule has 0 amide bonds. The van der Waals surface area contributed by atoms with Gasteiger partial charge in [-0.1, -0.05) is 42.0 Å². The summed E-state index contributed by atoms with van der Waals surface area (Å²) in [4.78, 5) is 6.61. The highest BCUT2D eigenvalue weighted by molar-refractivity contribution is 7.88. The van der Waals surface area contributed by atoms with Crippen molar-refractivity contribution < 1.29 is 12.8 Å². The summed E-state index contributed by atoms with van der Waals surface area (Å²) in [5, 5.41) is 0. The number of nitrogens with zero attached hydrogens (tertiary/aromatic N) is 2. The van der Waals surface area contributed by atoms with Crippen molar-refractivity contribution in [1.82, 2.24) is 9.71 Å². The number of anilines is 1. The molecule has 1 saturated heterocycles. The highest BCUT2D eigenvalue weighted by atomic mass is 32.2. The minimum absolute atomic E-state index is 0.00964. The Morgan fingerprint density at radius 2 is 2.07 bits per heavy atom. The largest absolute Gasteiger partial charge is 0.423 e. The zero-order valence-electron chi connectivity index (χ0n) is 15.3. The van der Waals surface area contributed by atoms with Gasteiger partial charge < -0.3 is 9.32 Å². The Balaban J connectivity index is 1.43. The van der Waals surface area contributed by atoms with Crippen molar-refractivity contribution in [2.24, 2.45) is 0 Å². The molecule has 0 saturated carbocycles. The van der Waals surface area contributed by atoms with E-state index in [9.17, 15) is 8.42 Å². The fraction of sp³-hybridized carbons (Fsp3) is 0.350. The van der Waals surface area contributed by atoms with Gasteiger partial charge in [0.2, 0.25) is 10.0 Å². The number of aryl methyl sites for hydroxylation is 1. The molecule has 6 nitrogen and oxygen atoms in total. The fourth-order valence-electron chi connectivity index (χ4n) is 3.58. The van der Waals surface area contributed by atoms with Crippen LogP contribution in [0.25, 0.3) is 11.1 Å². The Bertz CT molecular complexity index is 1010. The Morgan fingerprint density at radius 1 is 1.22 bits per heavy atom. The first-order valence-corrected chi connectivity index (χ1v) is 10.8. The van der Waals surface area contributed by atoms with Crippen LogP contribution in [0.2, 0.25) is 0 Å². The van der Waals surface area contributed by atoms with Gasteiger partial charge >= 0.3 is 0 Å². The summed E-state index contributed by atoms with van der Waals surface area (Å²) in [5.41, 5.74) is 3.42. The topological polar surface area (TPSA) is 75.4 Å². The van der Waals surface area contributed by atoms with E-state index in [0.717, 1.165) is 41.6 Å². The molecular formula is C20H23N3O3S. The Kier molecular flexibility index (Phi) is 4.88. The number of rotatable bonds is 6. The summed E-state index contributed by atoms with van der Waals surface area (Å²) in [5.74, 6) is -0.00964. The molecule has 1 N–H and O–H groups in total. The van der Waals surface area contributed by atoms with E-state index in [4.69, 9.17) is 4.42 Å². The number of sulfonamides is 1. The first-order chi connectivity index (χ1) is 13.0. The molecule has 4 rings (SSSR count). The average molecular weight is 385 g/mol. The van der Waals surface area contributed by atoms with Gasteiger partial charge in [0, 0.05) is 19.1 Å². The summed E-state index contributed by atoms with van der Waals surface area (Å²) in [7, 11) is -3.40. The van der Waals surface area contributed by atoms with Crippen molar-refractivity contribution in [3.63, 3.8) is 0 Å². The second-order valence-corrected chi connectivity index (χ2v) is 8.86. The predicted molar refractivity (Wildman–Crippen MR) is 106 cm³/mol. The van der Waals surface area contributed by atoms with Gasteiger partial charge in [-0.25, -0.2) is 13.1 Å². The number of hydrogen-bond acceptors (Lipinski definition) is 5. The van der Waals surface area contributed by atoms with Crippen molar-refractivity contribution in [2.45, 2.75) is 31.6 Å². The molecule has 7 heteroatoms. The zero-order chi connectivity index (χ0) is 18.9. The van der Waals surface area contributed by atoms with Crippen molar-refractivity contribution in [2.75, 3.05) is 18.0 Å². The number of oxazole rings is 1. The molecule has 1 atom stereocenters. The molecule has 27 heavy (non-hydrogen) atoms. The van der Waals surface area contributed by atoms with Crippen LogP contribution in [0, 0.1) is 6.92 Å². The molecule has 1 fully saturated rings. The molecule has 3 aromatic rings. The smallest absolute Gasteiger partial charge is 0.298 e. The number of fused-ring (bicyclic) bond motifs is 1. The highest BCUT2D eigenvalue weighted by Crippen LogP contribution is 2.28. The number of para-hydroxylation sites is 2. The van der Waals surface area contributed by atoms with Gasteiger partial charge in [-0.3, -0.25) is 0 Å². The lowest BCUT2D eigenvalue weighted by atomic mass is 10.2. The molecule has 2 aromatic carbocycles. The van der Waals surface area contributed by atoms with E-state index in [2.05, 4.69) is 14.6 Å². The van der Waals surface area contributed by atoms with E-state index in [1.807, 2.05) is 55.5 Å². The van der Waals surface area contributed by atoms with Crippen LogP contribution < -0.4 is 9.62 Å². The van der Waals surface area contributed by atoms with Crippen LogP contribution in [0.5, 0.6) is 0 Å². The molecular weight excluding hydrogens is 362 g/mol. The van der Waals surface area contributed by atoms with E-state index >= 15 is 0 Å². The number of hydrogen-bond donors (Lipinski definition) is 1. The summed E-state index contributed by atoms with van der Waals surface area (Å²) in [6.07, 6.45) is 1.90. The average Bonchev–Trinajstić information content (AvgIpc) is 3.26. The van der Waals surface area contributed by atoms with Gasteiger partial charge in [0.25, 0.3) is 6.01 Å². The van der Waals surface area contributed by atoms with E-state index in [1.165, 1.54) is 0 Å². The van der Waals surface area contributed by atoms with Gasteiger partial charge in [-0.15, -0.1) is 0 Å². The van der Waals surface area contributed by atoms with Crippen LogP contribution in [0.3, 0.4) is 0 Å². The number of aromatic nitrogens is 1. The molecule has 0 bridgehead atoms. The monoisotopic (exact) mass is 385 g/mol. The van der Waals surface area contributed by atoms with Crippen LogP contribution >= 0.6 is 0 Å². The van der Waals surface area contributed by atoms with Gasteiger partial charge in [0.15, 0.2) is 5.58 Å². The predicted octanol–water partition coefficient (Wildman–Crippen LogP) is 3.22. The molecule has 0 aliphatic carbocycles. The van der Waals surface area contributed by atoms with Crippen LogP contribution in [0.1, 0.15) is 24.0 Å². The number of nitrogens with one attached hydrogen (secondary N) is 1. The lowest BCUT2D eigenvalue weighted by Gasteiger charge is -2.23. The summed E-state index contributed by atoms with van der Waals surface area (Å²) in [6.45, 7) is 3.13. The highest BCUT2D eigenvalue weighted by Gasteiger charge is 2.29. The minimum atomic E-state index is -3.40. The Hall–Kier alpha value is -2.38. The maximum absolute atomic E-state index is 12.5. The van der Waals surface area contributed by atoms with E-state index in [0.29, 0.717) is 12.6 Å². The zero-order valence-corrected chi connectivity index (χ0v) is 16.1. The lowest BCUT2D eigenvalue weighted by Crippen LogP contribution is -2.40. The third kappa shape index (κ3) is 4.14. The van der Waals surface area contributed by atoms with E-state index < -0.39 is 10.0 Å². The van der Waals surface area contributed by atoms with Crippen molar-refractivity contribution in [3.05, 3.63) is 59.7 Å². The fourth-order valence-corrected chi connectivity index (χ4v) is 4.74.